The molecule has 0 aromatic carbocycles. The van der Waals surface area contributed by atoms with Gasteiger partial charge in [0.2, 0.25) is 5.91 Å². The van der Waals surface area contributed by atoms with Crippen molar-refractivity contribution in [1.29, 1.82) is 0 Å². The standard InChI is InChI=1S/C13H25N3O2/c1-11-10-16(7-6-15(11)8-9-18-2)13(17)12-4-3-5-14-12/h11-12,14H,3-10H2,1-2H3/t11?,12-/m0/s1. The lowest BCUT2D eigenvalue weighted by Gasteiger charge is -2.40. The molecular weight excluding hydrogens is 230 g/mol. The molecule has 2 atom stereocenters. The number of nitrogens with one attached hydrogen (secondary N) is 1. The van der Waals surface area contributed by atoms with Crippen molar-refractivity contribution in [3.05, 3.63) is 0 Å². The Morgan fingerprint density at radius 3 is 2.89 bits per heavy atom. The third-order valence-electron chi connectivity index (χ3n) is 4.02. The molecule has 104 valence electrons. The summed E-state index contributed by atoms with van der Waals surface area (Å²) in [6.07, 6.45) is 2.12. The molecule has 2 aliphatic heterocycles. The van der Waals surface area contributed by atoms with E-state index in [1.807, 2.05) is 4.90 Å². The van der Waals surface area contributed by atoms with Gasteiger partial charge < -0.3 is 15.0 Å². The number of rotatable bonds is 4. The molecule has 1 amide bonds. The SMILES string of the molecule is COCCN1CCN(C(=O)[C@@H]2CCCN2)CC1C. The largest absolute Gasteiger partial charge is 0.383 e. The van der Waals surface area contributed by atoms with Gasteiger partial charge in [-0.2, -0.15) is 0 Å². The fourth-order valence-corrected chi connectivity index (χ4v) is 2.85. The average molecular weight is 255 g/mol. The lowest BCUT2D eigenvalue weighted by molar-refractivity contribution is -0.136. The summed E-state index contributed by atoms with van der Waals surface area (Å²) in [5, 5.41) is 3.29. The van der Waals surface area contributed by atoms with Gasteiger partial charge in [0.05, 0.1) is 12.6 Å². The molecule has 2 rings (SSSR count). The summed E-state index contributed by atoms with van der Waals surface area (Å²) in [5.74, 6) is 0.297. The predicted molar refractivity (Wildman–Crippen MR) is 70.5 cm³/mol. The second kappa shape index (κ2) is 6.50. The van der Waals surface area contributed by atoms with Crippen LogP contribution in [0.4, 0.5) is 0 Å². The topological polar surface area (TPSA) is 44.8 Å². The maximum atomic E-state index is 12.3. The quantitative estimate of drug-likeness (QED) is 0.763. The molecule has 0 bridgehead atoms. The first-order valence-corrected chi connectivity index (χ1v) is 6.97. The van der Waals surface area contributed by atoms with Gasteiger partial charge in [-0.3, -0.25) is 9.69 Å². The van der Waals surface area contributed by atoms with Crippen LogP contribution < -0.4 is 5.32 Å². The summed E-state index contributed by atoms with van der Waals surface area (Å²) in [6, 6.07) is 0.502. The minimum atomic E-state index is 0.0720. The van der Waals surface area contributed by atoms with E-state index in [0.717, 1.165) is 52.2 Å². The molecule has 0 saturated carbocycles. The van der Waals surface area contributed by atoms with Crippen LogP contribution in [0.15, 0.2) is 0 Å². The van der Waals surface area contributed by atoms with Gasteiger partial charge in [0, 0.05) is 39.3 Å². The van der Waals surface area contributed by atoms with Gasteiger partial charge in [0.1, 0.15) is 0 Å². The number of hydrogen-bond donors (Lipinski definition) is 1. The molecule has 2 heterocycles. The van der Waals surface area contributed by atoms with Crippen LogP contribution in [0.2, 0.25) is 0 Å². The first kappa shape index (κ1) is 13.8. The van der Waals surface area contributed by atoms with Gasteiger partial charge in [0.25, 0.3) is 0 Å². The number of carbonyl (C=O) groups is 1. The van der Waals surface area contributed by atoms with Crippen molar-refractivity contribution in [2.75, 3.05) is 46.4 Å². The van der Waals surface area contributed by atoms with Crippen LogP contribution in [-0.2, 0) is 9.53 Å². The number of piperazine rings is 1. The smallest absolute Gasteiger partial charge is 0.239 e. The fourth-order valence-electron chi connectivity index (χ4n) is 2.85. The fraction of sp³-hybridized carbons (Fsp3) is 0.923. The van der Waals surface area contributed by atoms with Gasteiger partial charge in [-0.1, -0.05) is 0 Å². The van der Waals surface area contributed by atoms with Crippen LogP contribution in [0.5, 0.6) is 0 Å². The highest BCUT2D eigenvalue weighted by molar-refractivity contribution is 5.82. The van der Waals surface area contributed by atoms with E-state index < -0.39 is 0 Å². The maximum Gasteiger partial charge on any atom is 0.239 e. The Morgan fingerprint density at radius 1 is 1.44 bits per heavy atom. The Bertz CT molecular complexity index is 279. The van der Waals surface area contributed by atoms with Gasteiger partial charge in [-0.05, 0) is 26.3 Å². The molecule has 0 aromatic rings. The van der Waals surface area contributed by atoms with E-state index in [1.54, 1.807) is 7.11 Å². The van der Waals surface area contributed by atoms with E-state index in [4.69, 9.17) is 4.74 Å². The van der Waals surface area contributed by atoms with Gasteiger partial charge in [-0.25, -0.2) is 0 Å². The first-order valence-electron chi connectivity index (χ1n) is 6.97. The number of ether oxygens (including phenoxy) is 1. The Hall–Kier alpha value is -0.650. The molecule has 0 aromatic heterocycles. The second-order valence-electron chi connectivity index (χ2n) is 5.31. The average Bonchev–Trinajstić information content (AvgIpc) is 2.90. The highest BCUT2D eigenvalue weighted by Crippen LogP contribution is 2.14. The summed E-state index contributed by atoms with van der Waals surface area (Å²) in [5.41, 5.74) is 0. The monoisotopic (exact) mass is 255 g/mol. The van der Waals surface area contributed by atoms with Crippen molar-refractivity contribution in [1.82, 2.24) is 15.1 Å². The lowest BCUT2D eigenvalue weighted by Crippen LogP contribution is -2.57. The summed E-state index contributed by atoms with van der Waals surface area (Å²) in [4.78, 5) is 16.7. The van der Waals surface area contributed by atoms with E-state index in [9.17, 15) is 4.79 Å². The van der Waals surface area contributed by atoms with Crippen molar-refractivity contribution in [3.8, 4) is 0 Å². The van der Waals surface area contributed by atoms with Crippen LogP contribution in [0.1, 0.15) is 19.8 Å². The minimum Gasteiger partial charge on any atom is -0.383 e. The number of methoxy groups -OCH3 is 1. The van der Waals surface area contributed by atoms with Crippen LogP contribution in [0, 0.1) is 0 Å². The van der Waals surface area contributed by atoms with Gasteiger partial charge in [0.15, 0.2) is 0 Å². The molecule has 18 heavy (non-hydrogen) atoms. The van der Waals surface area contributed by atoms with Crippen molar-refractivity contribution >= 4 is 5.91 Å². The zero-order valence-electron chi connectivity index (χ0n) is 11.5. The van der Waals surface area contributed by atoms with E-state index in [1.165, 1.54) is 0 Å². The number of nitrogens with zero attached hydrogens (tertiary/aromatic N) is 2. The number of amides is 1. The van der Waals surface area contributed by atoms with Crippen LogP contribution in [0.25, 0.3) is 0 Å². The molecule has 2 fully saturated rings. The second-order valence-corrected chi connectivity index (χ2v) is 5.31. The molecule has 0 spiro atoms. The van der Waals surface area contributed by atoms with E-state index in [0.29, 0.717) is 11.9 Å². The maximum absolute atomic E-state index is 12.3. The van der Waals surface area contributed by atoms with Crippen LogP contribution in [0.3, 0.4) is 0 Å². The normalized spacial score (nSPS) is 29.8. The number of carbonyl (C=O) groups excluding carboxylic acids is 1. The van der Waals surface area contributed by atoms with E-state index in [-0.39, 0.29) is 6.04 Å². The third-order valence-corrected chi connectivity index (χ3v) is 4.02. The molecular formula is C13H25N3O2. The van der Waals surface area contributed by atoms with Crippen molar-refractivity contribution in [2.45, 2.75) is 31.8 Å². The Kier molecular flexibility index (Phi) is 4.97. The number of hydrogen-bond acceptors (Lipinski definition) is 4. The van der Waals surface area contributed by atoms with Gasteiger partial charge >= 0.3 is 0 Å². The van der Waals surface area contributed by atoms with Crippen molar-refractivity contribution < 1.29 is 9.53 Å². The van der Waals surface area contributed by atoms with Crippen molar-refractivity contribution in [2.24, 2.45) is 0 Å². The lowest BCUT2D eigenvalue weighted by atomic mass is 10.1. The highest BCUT2D eigenvalue weighted by atomic mass is 16.5. The molecule has 1 unspecified atom stereocenters. The molecule has 2 aliphatic rings. The first-order chi connectivity index (χ1) is 8.72. The minimum absolute atomic E-state index is 0.0720. The van der Waals surface area contributed by atoms with Crippen LogP contribution in [-0.4, -0.2) is 74.2 Å². The van der Waals surface area contributed by atoms with Gasteiger partial charge in [-0.15, -0.1) is 0 Å². The molecule has 0 aliphatic carbocycles. The zero-order valence-corrected chi connectivity index (χ0v) is 11.5. The summed E-state index contributed by atoms with van der Waals surface area (Å²) >= 11 is 0. The van der Waals surface area contributed by atoms with Crippen LogP contribution >= 0.6 is 0 Å². The Balaban J connectivity index is 1.81. The van der Waals surface area contributed by atoms with Crippen molar-refractivity contribution in [3.63, 3.8) is 0 Å². The Morgan fingerprint density at radius 2 is 2.28 bits per heavy atom. The summed E-state index contributed by atoms with van der Waals surface area (Å²) in [7, 11) is 1.73. The van der Waals surface area contributed by atoms with E-state index in [2.05, 4.69) is 17.1 Å². The predicted octanol–water partition coefficient (Wildman–Crippen LogP) is -0.0825. The third kappa shape index (κ3) is 3.22. The Labute approximate surface area is 109 Å². The molecule has 5 heteroatoms. The van der Waals surface area contributed by atoms with E-state index >= 15 is 0 Å². The molecule has 2 saturated heterocycles. The molecule has 1 N–H and O–H groups in total. The molecule has 0 radical (unpaired) electrons. The highest BCUT2D eigenvalue weighted by Gasteiger charge is 2.31. The zero-order chi connectivity index (χ0) is 13.0. The summed E-state index contributed by atoms with van der Waals surface area (Å²) in [6.45, 7) is 7.57. The summed E-state index contributed by atoms with van der Waals surface area (Å²) < 4.78 is 5.12. The molecule has 5 nitrogen and oxygen atoms in total.